The van der Waals surface area contributed by atoms with E-state index < -0.39 is 6.04 Å². The first-order chi connectivity index (χ1) is 16.5. The van der Waals surface area contributed by atoms with Gasteiger partial charge in [-0.2, -0.15) is 0 Å². The maximum atomic E-state index is 13.6. The standard InChI is InChI=1S/C28H30Cl2N2O2/c1-2-3-17-31-28(34)26(18-21-9-5-4-6-10-21)32(20-23-11-7-8-12-25(23)30)27(33)19-22-13-15-24(29)16-14-22/h4-16,26H,2-3,17-20H2,1H3,(H,31,34). The quantitative estimate of drug-likeness (QED) is 0.326. The van der Waals surface area contributed by atoms with E-state index in [2.05, 4.69) is 12.2 Å². The van der Waals surface area contributed by atoms with Crippen molar-refractivity contribution in [2.75, 3.05) is 6.54 Å². The van der Waals surface area contributed by atoms with Crippen LogP contribution in [0.3, 0.4) is 0 Å². The highest BCUT2D eigenvalue weighted by Gasteiger charge is 2.30. The van der Waals surface area contributed by atoms with Crippen LogP contribution in [-0.4, -0.2) is 29.3 Å². The Morgan fingerprint density at radius 2 is 1.56 bits per heavy atom. The lowest BCUT2D eigenvalue weighted by Gasteiger charge is -2.32. The number of carbonyl (C=O) groups excluding carboxylic acids is 2. The molecule has 34 heavy (non-hydrogen) atoms. The van der Waals surface area contributed by atoms with Gasteiger partial charge in [-0.25, -0.2) is 0 Å². The molecule has 1 N–H and O–H groups in total. The third kappa shape index (κ3) is 7.61. The molecular formula is C28H30Cl2N2O2. The molecule has 3 aromatic rings. The van der Waals surface area contributed by atoms with Gasteiger partial charge in [0.2, 0.25) is 11.8 Å². The Morgan fingerprint density at radius 3 is 2.24 bits per heavy atom. The number of benzene rings is 3. The fourth-order valence-electron chi connectivity index (χ4n) is 3.75. The fourth-order valence-corrected chi connectivity index (χ4v) is 4.07. The van der Waals surface area contributed by atoms with Crippen LogP contribution in [0, 0.1) is 0 Å². The van der Waals surface area contributed by atoms with Gasteiger partial charge in [-0.15, -0.1) is 0 Å². The first-order valence-corrected chi connectivity index (χ1v) is 12.3. The monoisotopic (exact) mass is 496 g/mol. The third-order valence-electron chi connectivity index (χ3n) is 5.67. The Bertz CT molecular complexity index is 1070. The first-order valence-electron chi connectivity index (χ1n) is 11.6. The highest BCUT2D eigenvalue weighted by Crippen LogP contribution is 2.21. The molecular weight excluding hydrogens is 467 g/mol. The van der Waals surface area contributed by atoms with Crippen LogP contribution in [0.25, 0.3) is 0 Å². The van der Waals surface area contributed by atoms with Crippen LogP contribution >= 0.6 is 23.2 Å². The number of nitrogens with zero attached hydrogens (tertiary/aromatic N) is 1. The molecule has 0 aliphatic heterocycles. The average Bonchev–Trinajstić information content (AvgIpc) is 2.84. The third-order valence-corrected chi connectivity index (χ3v) is 6.29. The normalized spacial score (nSPS) is 11.6. The lowest BCUT2D eigenvalue weighted by atomic mass is 10.0. The number of unbranched alkanes of at least 4 members (excludes halogenated alkanes) is 1. The van der Waals surface area contributed by atoms with Crippen molar-refractivity contribution in [1.82, 2.24) is 10.2 Å². The van der Waals surface area contributed by atoms with Crippen molar-refractivity contribution >= 4 is 35.0 Å². The first kappa shape index (κ1) is 25.8. The molecule has 0 aliphatic carbocycles. The molecule has 6 heteroatoms. The zero-order chi connectivity index (χ0) is 24.3. The van der Waals surface area contributed by atoms with E-state index >= 15 is 0 Å². The average molecular weight is 497 g/mol. The lowest BCUT2D eigenvalue weighted by Crippen LogP contribution is -2.51. The van der Waals surface area contributed by atoms with Crippen LogP contribution in [0.1, 0.15) is 36.5 Å². The molecule has 0 spiro atoms. The second-order valence-electron chi connectivity index (χ2n) is 8.27. The smallest absolute Gasteiger partial charge is 0.243 e. The molecule has 3 aromatic carbocycles. The van der Waals surface area contributed by atoms with Gasteiger partial charge in [0.05, 0.1) is 6.42 Å². The molecule has 1 unspecified atom stereocenters. The predicted octanol–water partition coefficient (Wildman–Crippen LogP) is 6.09. The van der Waals surface area contributed by atoms with Gasteiger partial charge in [-0.3, -0.25) is 9.59 Å². The van der Waals surface area contributed by atoms with E-state index in [1.807, 2.05) is 60.7 Å². The van der Waals surface area contributed by atoms with Crippen molar-refractivity contribution in [2.24, 2.45) is 0 Å². The van der Waals surface area contributed by atoms with Gasteiger partial charge < -0.3 is 10.2 Å². The minimum absolute atomic E-state index is 0.145. The van der Waals surface area contributed by atoms with Gasteiger partial charge in [-0.05, 0) is 41.3 Å². The van der Waals surface area contributed by atoms with E-state index in [0.29, 0.717) is 23.0 Å². The summed E-state index contributed by atoms with van der Waals surface area (Å²) in [5.41, 5.74) is 2.62. The zero-order valence-electron chi connectivity index (χ0n) is 19.3. The number of hydrogen-bond acceptors (Lipinski definition) is 2. The van der Waals surface area contributed by atoms with Crippen LogP contribution in [0.2, 0.25) is 10.0 Å². The van der Waals surface area contributed by atoms with Crippen molar-refractivity contribution in [3.8, 4) is 0 Å². The van der Waals surface area contributed by atoms with Crippen LogP contribution in [0.5, 0.6) is 0 Å². The Morgan fingerprint density at radius 1 is 0.882 bits per heavy atom. The van der Waals surface area contributed by atoms with Gasteiger partial charge in [0.25, 0.3) is 0 Å². The van der Waals surface area contributed by atoms with Crippen LogP contribution in [-0.2, 0) is 29.0 Å². The summed E-state index contributed by atoms with van der Waals surface area (Å²) in [6.07, 6.45) is 2.43. The van der Waals surface area contributed by atoms with Crippen molar-refractivity contribution in [1.29, 1.82) is 0 Å². The van der Waals surface area contributed by atoms with Crippen molar-refractivity contribution in [3.63, 3.8) is 0 Å². The van der Waals surface area contributed by atoms with Gasteiger partial charge >= 0.3 is 0 Å². The minimum Gasteiger partial charge on any atom is -0.354 e. The summed E-state index contributed by atoms with van der Waals surface area (Å²) in [5.74, 6) is -0.303. The molecule has 0 saturated carbocycles. The number of amides is 2. The molecule has 3 rings (SSSR count). The largest absolute Gasteiger partial charge is 0.354 e. The molecule has 0 bridgehead atoms. The molecule has 0 aromatic heterocycles. The summed E-state index contributed by atoms with van der Waals surface area (Å²) in [7, 11) is 0. The van der Waals surface area contributed by atoms with Gasteiger partial charge in [0, 0.05) is 29.6 Å². The summed E-state index contributed by atoms with van der Waals surface area (Å²) in [4.78, 5) is 28.7. The molecule has 0 heterocycles. The Hall–Kier alpha value is -2.82. The maximum Gasteiger partial charge on any atom is 0.243 e. The maximum absolute atomic E-state index is 13.6. The predicted molar refractivity (Wildman–Crippen MR) is 139 cm³/mol. The Labute approximate surface area is 211 Å². The van der Waals surface area contributed by atoms with E-state index in [1.165, 1.54) is 0 Å². The van der Waals surface area contributed by atoms with Crippen molar-refractivity contribution in [2.45, 2.75) is 45.2 Å². The molecule has 0 radical (unpaired) electrons. The second kappa shape index (κ2) is 13.2. The number of halogens is 2. The van der Waals surface area contributed by atoms with Gasteiger partial charge in [0.15, 0.2) is 0 Å². The van der Waals surface area contributed by atoms with Crippen molar-refractivity contribution < 1.29 is 9.59 Å². The summed E-state index contributed by atoms with van der Waals surface area (Å²) >= 11 is 12.5. The molecule has 4 nitrogen and oxygen atoms in total. The number of nitrogens with one attached hydrogen (secondary N) is 1. The van der Waals surface area contributed by atoms with Crippen LogP contribution in [0.15, 0.2) is 78.9 Å². The second-order valence-corrected chi connectivity index (χ2v) is 9.11. The lowest BCUT2D eigenvalue weighted by molar-refractivity contribution is -0.140. The van der Waals surface area contributed by atoms with E-state index in [4.69, 9.17) is 23.2 Å². The molecule has 2 amide bonds. The Kier molecular flexibility index (Phi) is 9.99. The van der Waals surface area contributed by atoms with Crippen molar-refractivity contribution in [3.05, 3.63) is 106 Å². The van der Waals surface area contributed by atoms with Gasteiger partial charge in [0.1, 0.15) is 6.04 Å². The summed E-state index contributed by atoms with van der Waals surface area (Å²) in [6, 6.07) is 23.7. The van der Waals surface area contributed by atoms with E-state index in [9.17, 15) is 9.59 Å². The molecule has 0 fully saturated rings. The number of hydrogen-bond donors (Lipinski definition) is 1. The molecule has 1 atom stereocenters. The summed E-state index contributed by atoms with van der Waals surface area (Å²) in [5, 5.41) is 4.21. The van der Waals surface area contributed by atoms with E-state index in [-0.39, 0.29) is 24.8 Å². The Balaban J connectivity index is 1.94. The number of carbonyl (C=O) groups is 2. The van der Waals surface area contributed by atoms with E-state index in [0.717, 1.165) is 29.5 Å². The minimum atomic E-state index is -0.671. The van der Waals surface area contributed by atoms with E-state index in [1.54, 1.807) is 23.1 Å². The SMILES string of the molecule is CCCCNC(=O)C(Cc1ccccc1)N(Cc1ccccc1Cl)C(=O)Cc1ccc(Cl)cc1. The summed E-state index contributed by atoms with van der Waals surface area (Å²) in [6.45, 7) is 2.89. The zero-order valence-corrected chi connectivity index (χ0v) is 20.9. The van der Waals surface area contributed by atoms with Crippen LogP contribution < -0.4 is 5.32 Å². The van der Waals surface area contributed by atoms with Gasteiger partial charge in [-0.1, -0.05) is 97.2 Å². The topological polar surface area (TPSA) is 49.4 Å². The highest BCUT2D eigenvalue weighted by atomic mass is 35.5. The number of rotatable bonds is 11. The summed E-state index contributed by atoms with van der Waals surface area (Å²) < 4.78 is 0. The molecule has 0 saturated heterocycles. The van der Waals surface area contributed by atoms with Crippen LogP contribution in [0.4, 0.5) is 0 Å². The highest BCUT2D eigenvalue weighted by molar-refractivity contribution is 6.31. The molecule has 0 aliphatic rings. The fraction of sp³-hybridized carbons (Fsp3) is 0.286. The molecule has 178 valence electrons.